The normalized spacial score (nSPS) is 12.0. The van der Waals surface area contributed by atoms with E-state index in [2.05, 4.69) is 42.2 Å². The molecule has 0 unspecified atom stereocenters. The highest BCUT2D eigenvalue weighted by Crippen LogP contribution is 2.34. The van der Waals surface area contributed by atoms with Gasteiger partial charge in [-0.1, -0.05) is 13.0 Å². The Hall–Kier alpha value is -3.98. The number of aromatic nitrogens is 2. The molecule has 0 saturated carbocycles. The summed E-state index contributed by atoms with van der Waals surface area (Å²) in [6.07, 6.45) is 4.31. The van der Waals surface area contributed by atoms with Crippen molar-refractivity contribution in [1.29, 1.82) is 0 Å². The van der Waals surface area contributed by atoms with Gasteiger partial charge in [0.15, 0.2) is 12.6 Å². The molecule has 0 N–H and O–H groups in total. The molecule has 3 aromatic heterocycles. The van der Waals surface area contributed by atoms with E-state index in [1.54, 1.807) is 35.6 Å². The molecule has 3 heterocycles. The Morgan fingerprint density at radius 2 is 1.53 bits per heavy atom. The number of hydrogen-bond donors (Lipinski definition) is 0. The Morgan fingerprint density at radius 1 is 0.947 bits per heavy atom. The van der Waals surface area contributed by atoms with Crippen LogP contribution in [-0.4, -0.2) is 43.4 Å². The standard InChI is InChI=1S/C29H32N2O6S/c1-7-20(15-36-26-11-9-21(13-32)28(30-26)34-5)18(3)23(8-2)24-17-38-25(19(24)4)16-37-27-12-10-22(14-33)29(31-27)35-6/h8-14,17H,7,15-16H2,1-6H3/b20-18+,23-8+. The number of methoxy groups -OCH3 is 2. The molecule has 38 heavy (non-hydrogen) atoms. The second-order valence-corrected chi connectivity index (χ2v) is 9.26. The van der Waals surface area contributed by atoms with Crippen molar-refractivity contribution in [1.82, 2.24) is 9.97 Å². The fourth-order valence-corrected chi connectivity index (χ4v) is 4.92. The van der Waals surface area contributed by atoms with Gasteiger partial charge in [0.05, 0.1) is 25.3 Å². The SMILES string of the molecule is C/C=C(\C(C)=C(/CC)COc1ccc(C=O)c(OC)n1)c1csc(COc2ccc(C=O)c(OC)n2)c1C. The number of rotatable bonds is 13. The van der Waals surface area contributed by atoms with Crippen molar-refractivity contribution < 1.29 is 28.5 Å². The molecule has 8 nitrogen and oxygen atoms in total. The largest absolute Gasteiger partial charge is 0.480 e. The lowest BCUT2D eigenvalue weighted by atomic mass is 9.93. The Bertz CT molecular complexity index is 1360. The average molecular weight is 537 g/mol. The summed E-state index contributed by atoms with van der Waals surface area (Å²) in [5.41, 5.74) is 6.41. The summed E-state index contributed by atoms with van der Waals surface area (Å²) in [5, 5.41) is 2.13. The topological polar surface area (TPSA) is 96.8 Å². The minimum atomic E-state index is 0.237. The van der Waals surface area contributed by atoms with Crippen LogP contribution in [-0.2, 0) is 6.61 Å². The molecule has 3 aromatic rings. The van der Waals surface area contributed by atoms with Crippen LogP contribution in [0, 0.1) is 6.92 Å². The van der Waals surface area contributed by atoms with E-state index in [9.17, 15) is 9.59 Å². The van der Waals surface area contributed by atoms with Crippen molar-refractivity contribution in [3.05, 3.63) is 74.0 Å². The first-order valence-corrected chi connectivity index (χ1v) is 13.0. The Morgan fingerprint density at radius 3 is 2.03 bits per heavy atom. The summed E-state index contributed by atoms with van der Waals surface area (Å²) in [7, 11) is 2.94. The summed E-state index contributed by atoms with van der Waals surface area (Å²) in [6, 6.07) is 6.58. The number of ether oxygens (including phenoxy) is 4. The van der Waals surface area contributed by atoms with Gasteiger partial charge in [0.2, 0.25) is 23.5 Å². The summed E-state index contributed by atoms with van der Waals surface area (Å²) in [4.78, 5) is 31.9. The van der Waals surface area contributed by atoms with E-state index in [1.165, 1.54) is 14.2 Å². The Labute approximate surface area is 226 Å². The maximum atomic E-state index is 11.1. The number of nitrogens with zero attached hydrogens (tertiary/aromatic N) is 2. The van der Waals surface area contributed by atoms with Gasteiger partial charge in [0, 0.05) is 17.0 Å². The fourth-order valence-electron chi connectivity index (χ4n) is 3.94. The molecule has 0 aliphatic carbocycles. The molecule has 0 amide bonds. The first-order chi connectivity index (χ1) is 18.4. The molecule has 0 aliphatic heterocycles. The zero-order valence-electron chi connectivity index (χ0n) is 22.5. The average Bonchev–Trinajstić information content (AvgIpc) is 3.31. The van der Waals surface area contributed by atoms with Gasteiger partial charge in [-0.3, -0.25) is 9.59 Å². The summed E-state index contributed by atoms with van der Waals surface area (Å²) in [5.74, 6) is 1.26. The van der Waals surface area contributed by atoms with Crippen LogP contribution in [0.15, 0.2) is 46.9 Å². The minimum Gasteiger partial charge on any atom is -0.480 e. The van der Waals surface area contributed by atoms with Gasteiger partial charge in [0.1, 0.15) is 13.2 Å². The third-order valence-corrected chi connectivity index (χ3v) is 7.26. The van der Waals surface area contributed by atoms with E-state index in [1.807, 2.05) is 6.92 Å². The zero-order chi connectivity index (χ0) is 27.7. The van der Waals surface area contributed by atoms with Gasteiger partial charge in [-0.15, -0.1) is 11.3 Å². The van der Waals surface area contributed by atoms with E-state index in [-0.39, 0.29) is 11.8 Å². The molecule has 0 aliphatic rings. The lowest BCUT2D eigenvalue weighted by Crippen LogP contribution is -2.06. The van der Waals surface area contributed by atoms with Gasteiger partial charge in [-0.25, -0.2) is 0 Å². The smallest absolute Gasteiger partial charge is 0.227 e. The predicted octanol–water partition coefficient (Wildman–Crippen LogP) is 6.28. The number of aldehydes is 2. The Kier molecular flexibility index (Phi) is 10.2. The van der Waals surface area contributed by atoms with E-state index in [4.69, 9.17) is 18.9 Å². The molecule has 0 aromatic carbocycles. The van der Waals surface area contributed by atoms with E-state index in [0.29, 0.717) is 48.7 Å². The van der Waals surface area contributed by atoms with Gasteiger partial charge in [-0.2, -0.15) is 9.97 Å². The third-order valence-electron chi connectivity index (χ3n) is 6.20. The number of carbonyl (C=O) groups excluding carboxylic acids is 2. The monoisotopic (exact) mass is 536 g/mol. The predicted molar refractivity (Wildman–Crippen MR) is 148 cm³/mol. The van der Waals surface area contributed by atoms with Crippen LogP contribution in [0.2, 0.25) is 0 Å². The first-order valence-electron chi connectivity index (χ1n) is 12.1. The van der Waals surface area contributed by atoms with Crippen LogP contribution in [0.25, 0.3) is 5.57 Å². The van der Waals surface area contributed by atoms with Crippen molar-refractivity contribution in [2.45, 2.75) is 40.7 Å². The molecule has 200 valence electrons. The summed E-state index contributed by atoms with van der Waals surface area (Å²) in [6.45, 7) is 9.00. The molecule has 0 radical (unpaired) electrons. The molecule has 3 rings (SSSR count). The van der Waals surface area contributed by atoms with E-state index in [0.717, 1.165) is 39.1 Å². The highest BCUT2D eigenvalue weighted by Gasteiger charge is 2.16. The number of thiophene rings is 1. The van der Waals surface area contributed by atoms with Gasteiger partial charge >= 0.3 is 0 Å². The molecule has 0 bridgehead atoms. The molecular formula is C29H32N2O6S. The van der Waals surface area contributed by atoms with E-state index >= 15 is 0 Å². The number of allylic oxidation sites excluding steroid dienone is 3. The lowest BCUT2D eigenvalue weighted by molar-refractivity contribution is 0.111. The van der Waals surface area contributed by atoms with Crippen LogP contribution in [0.5, 0.6) is 23.5 Å². The third kappa shape index (κ3) is 6.47. The van der Waals surface area contributed by atoms with Crippen molar-refractivity contribution in [3.63, 3.8) is 0 Å². The number of carbonyl (C=O) groups is 2. The van der Waals surface area contributed by atoms with Gasteiger partial charge < -0.3 is 18.9 Å². The van der Waals surface area contributed by atoms with Crippen LogP contribution in [0.4, 0.5) is 0 Å². The highest BCUT2D eigenvalue weighted by molar-refractivity contribution is 7.10. The van der Waals surface area contributed by atoms with Crippen LogP contribution in [0.1, 0.15) is 63.9 Å². The molecular weight excluding hydrogens is 504 g/mol. The van der Waals surface area contributed by atoms with Crippen molar-refractivity contribution in [2.75, 3.05) is 20.8 Å². The second-order valence-electron chi connectivity index (χ2n) is 8.29. The number of hydrogen-bond acceptors (Lipinski definition) is 9. The van der Waals surface area contributed by atoms with Crippen LogP contribution in [0.3, 0.4) is 0 Å². The quantitative estimate of drug-likeness (QED) is 0.186. The Balaban J connectivity index is 1.77. The van der Waals surface area contributed by atoms with Crippen LogP contribution < -0.4 is 18.9 Å². The molecule has 0 fully saturated rings. The molecule has 9 heteroatoms. The maximum Gasteiger partial charge on any atom is 0.227 e. The second kappa shape index (κ2) is 13.5. The van der Waals surface area contributed by atoms with Crippen molar-refractivity contribution in [3.8, 4) is 23.5 Å². The highest BCUT2D eigenvalue weighted by atomic mass is 32.1. The van der Waals surface area contributed by atoms with Crippen molar-refractivity contribution >= 4 is 29.5 Å². The zero-order valence-corrected chi connectivity index (χ0v) is 23.3. The summed E-state index contributed by atoms with van der Waals surface area (Å²) >= 11 is 1.62. The fraction of sp³-hybridized carbons (Fsp3) is 0.310. The van der Waals surface area contributed by atoms with Gasteiger partial charge in [-0.05, 0) is 72.6 Å². The molecule has 0 spiro atoms. The van der Waals surface area contributed by atoms with Crippen LogP contribution >= 0.6 is 11.3 Å². The first kappa shape index (κ1) is 28.6. The summed E-state index contributed by atoms with van der Waals surface area (Å²) < 4.78 is 22.2. The van der Waals surface area contributed by atoms with Gasteiger partial charge in [0.25, 0.3) is 0 Å². The molecule has 0 atom stereocenters. The maximum absolute atomic E-state index is 11.1. The lowest BCUT2D eigenvalue weighted by Gasteiger charge is -2.16. The molecule has 0 saturated heterocycles. The number of pyridine rings is 2. The van der Waals surface area contributed by atoms with E-state index < -0.39 is 0 Å². The van der Waals surface area contributed by atoms with Crippen molar-refractivity contribution in [2.24, 2.45) is 0 Å². The minimum absolute atomic E-state index is 0.237.